The molecule has 1 aliphatic rings. The van der Waals surface area contributed by atoms with E-state index in [1.54, 1.807) is 6.07 Å². The summed E-state index contributed by atoms with van der Waals surface area (Å²) in [4.78, 5) is 0. The highest BCUT2D eigenvalue weighted by atomic mass is 32.2. The lowest BCUT2D eigenvalue weighted by Gasteiger charge is -2.11. The van der Waals surface area contributed by atoms with E-state index < -0.39 is 9.84 Å². The average molecular weight is 271 g/mol. The van der Waals surface area contributed by atoms with Gasteiger partial charge in [-0.25, -0.2) is 12.8 Å². The predicted octanol–water partition coefficient (Wildman–Crippen LogP) is 1.66. The molecule has 1 N–H and O–H groups in total. The largest absolute Gasteiger partial charge is 0.312 e. The SMILES string of the molecule is Cc1ccc(F)cc1CNCC1CCS(=O)(=O)C1. The maximum absolute atomic E-state index is 13.1. The molecule has 1 heterocycles. The Morgan fingerprint density at radius 3 is 2.89 bits per heavy atom. The predicted molar refractivity (Wildman–Crippen MR) is 69.6 cm³/mol. The van der Waals surface area contributed by atoms with Crippen molar-refractivity contribution < 1.29 is 12.8 Å². The number of halogens is 1. The Bertz CT molecular complexity index is 528. The van der Waals surface area contributed by atoms with Gasteiger partial charge in [0.2, 0.25) is 0 Å². The zero-order chi connectivity index (χ0) is 13.2. The van der Waals surface area contributed by atoms with Crippen LogP contribution < -0.4 is 5.32 Å². The highest BCUT2D eigenvalue weighted by Gasteiger charge is 2.27. The number of nitrogens with one attached hydrogen (secondary N) is 1. The topological polar surface area (TPSA) is 46.2 Å². The van der Waals surface area contributed by atoms with E-state index in [2.05, 4.69) is 5.32 Å². The van der Waals surface area contributed by atoms with Crippen molar-refractivity contribution in [3.63, 3.8) is 0 Å². The fourth-order valence-corrected chi connectivity index (χ4v) is 4.14. The van der Waals surface area contributed by atoms with Gasteiger partial charge in [-0.05, 0) is 49.1 Å². The van der Waals surface area contributed by atoms with Crippen LogP contribution in [0.5, 0.6) is 0 Å². The third kappa shape index (κ3) is 3.53. The molecule has 0 aliphatic carbocycles. The summed E-state index contributed by atoms with van der Waals surface area (Å²) in [5.74, 6) is 0.546. The maximum Gasteiger partial charge on any atom is 0.150 e. The molecule has 0 radical (unpaired) electrons. The summed E-state index contributed by atoms with van der Waals surface area (Å²) in [5.41, 5.74) is 1.97. The highest BCUT2D eigenvalue weighted by molar-refractivity contribution is 7.91. The van der Waals surface area contributed by atoms with E-state index >= 15 is 0 Å². The molecular formula is C13H18FNO2S. The first-order valence-electron chi connectivity index (χ1n) is 6.12. The Morgan fingerprint density at radius 1 is 1.44 bits per heavy atom. The van der Waals surface area contributed by atoms with E-state index in [1.165, 1.54) is 12.1 Å². The summed E-state index contributed by atoms with van der Waals surface area (Å²) in [6.07, 6.45) is 0.734. The van der Waals surface area contributed by atoms with Crippen LogP contribution >= 0.6 is 0 Å². The van der Waals surface area contributed by atoms with Gasteiger partial charge in [0.15, 0.2) is 9.84 Å². The van der Waals surface area contributed by atoms with Crippen molar-refractivity contribution >= 4 is 9.84 Å². The molecular weight excluding hydrogens is 253 g/mol. The van der Waals surface area contributed by atoms with E-state index in [1.807, 2.05) is 6.92 Å². The summed E-state index contributed by atoms with van der Waals surface area (Å²) in [6.45, 7) is 3.20. The van der Waals surface area contributed by atoms with Gasteiger partial charge < -0.3 is 5.32 Å². The molecule has 0 amide bonds. The molecule has 1 unspecified atom stereocenters. The van der Waals surface area contributed by atoms with E-state index in [9.17, 15) is 12.8 Å². The van der Waals surface area contributed by atoms with Gasteiger partial charge in [0.25, 0.3) is 0 Å². The molecule has 1 atom stereocenters. The Kier molecular flexibility index (Phi) is 4.02. The van der Waals surface area contributed by atoms with Gasteiger partial charge >= 0.3 is 0 Å². The fourth-order valence-electron chi connectivity index (χ4n) is 2.27. The van der Waals surface area contributed by atoms with Gasteiger partial charge in [-0.2, -0.15) is 0 Å². The van der Waals surface area contributed by atoms with Gasteiger partial charge in [-0.15, -0.1) is 0 Å². The molecule has 1 aliphatic heterocycles. The van der Waals surface area contributed by atoms with Gasteiger partial charge in [-0.3, -0.25) is 0 Å². The Hall–Kier alpha value is -0.940. The van der Waals surface area contributed by atoms with Crippen LogP contribution in [-0.4, -0.2) is 26.5 Å². The van der Waals surface area contributed by atoms with E-state index in [-0.39, 0.29) is 17.5 Å². The lowest BCUT2D eigenvalue weighted by Crippen LogP contribution is -2.23. The molecule has 0 saturated carbocycles. The number of rotatable bonds is 4. The summed E-state index contributed by atoms with van der Waals surface area (Å²) in [6, 6.07) is 4.72. The molecule has 3 nitrogen and oxygen atoms in total. The third-order valence-electron chi connectivity index (χ3n) is 3.39. The molecule has 0 spiro atoms. The quantitative estimate of drug-likeness (QED) is 0.906. The molecule has 5 heteroatoms. The molecule has 1 aromatic rings. The van der Waals surface area contributed by atoms with Crippen LogP contribution in [0, 0.1) is 18.7 Å². The summed E-state index contributed by atoms with van der Waals surface area (Å²) in [7, 11) is -2.81. The van der Waals surface area contributed by atoms with Crippen molar-refractivity contribution in [3.8, 4) is 0 Å². The first kappa shape index (κ1) is 13.5. The van der Waals surface area contributed by atoms with Crippen LogP contribution in [0.25, 0.3) is 0 Å². The van der Waals surface area contributed by atoms with Crippen molar-refractivity contribution in [2.45, 2.75) is 19.9 Å². The Balaban J connectivity index is 1.84. The van der Waals surface area contributed by atoms with E-state index in [4.69, 9.17) is 0 Å². The van der Waals surface area contributed by atoms with Crippen molar-refractivity contribution in [2.24, 2.45) is 5.92 Å². The van der Waals surface area contributed by atoms with Crippen LogP contribution in [0.2, 0.25) is 0 Å². The van der Waals surface area contributed by atoms with Gasteiger partial charge in [0.05, 0.1) is 11.5 Å². The lowest BCUT2D eigenvalue weighted by molar-refractivity contribution is 0.519. The molecule has 1 aromatic carbocycles. The minimum absolute atomic E-state index is 0.198. The van der Waals surface area contributed by atoms with E-state index in [0.717, 1.165) is 17.5 Å². The first-order chi connectivity index (χ1) is 8.46. The minimum Gasteiger partial charge on any atom is -0.312 e. The first-order valence-corrected chi connectivity index (χ1v) is 7.94. The van der Waals surface area contributed by atoms with Crippen LogP contribution in [0.15, 0.2) is 18.2 Å². The van der Waals surface area contributed by atoms with Crippen molar-refractivity contribution in [3.05, 3.63) is 35.1 Å². The summed E-state index contributed by atoms with van der Waals surface area (Å²) >= 11 is 0. The molecule has 18 heavy (non-hydrogen) atoms. The number of sulfone groups is 1. The average Bonchev–Trinajstić information content (AvgIpc) is 2.63. The number of hydrogen-bond acceptors (Lipinski definition) is 3. The molecule has 2 rings (SSSR count). The number of hydrogen-bond donors (Lipinski definition) is 1. The molecule has 1 saturated heterocycles. The minimum atomic E-state index is -2.81. The normalized spacial score (nSPS) is 22.2. The summed E-state index contributed by atoms with van der Waals surface area (Å²) in [5, 5.41) is 3.22. The number of aryl methyl sites for hydroxylation is 1. The van der Waals surface area contributed by atoms with E-state index in [0.29, 0.717) is 18.8 Å². The molecule has 0 bridgehead atoms. The van der Waals surface area contributed by atoms with Crippen molar-refractivity contribution in [2.75, 3.05) is 18.1 Å². The fraction of sp³-hybridized carbons (Fsp3) is 0.538. The molecule has 100 valence electrons. The summed E-state index contributed by atoms with van der Waals surface area (Å²) < 4.78 is 35.7. The van der Waals surface area contributed by atoms with Crippen LogP contribution in [0.4, 0.5) is 4.39 Å². The second kappa shape index (κ2) is 5.36. The maximum atomic E-state index is 13.1. The van der Waals surface area contributed by atoms with Crippen molar-refractivity contribution in [1.82, 2.24) is 5.32 Å². The lowest BCUT2D eigenvalue weighted by atomic mass is 10.1. The zero-order valence-electron chi connectivity index (χ0n) is 10.4. The van der Waals surface area contributed by atoms with Crippen LogP contribution in [0.1, 0.15) is 17.5 Å². The van der Waals surface area contributed by atoms with Crippen LogP contribution in [-0.2, 0) is 16.4 Å². The highest BCUT2D eigenvalue weighted by Crippen LogP contribution is 2.17. The van der Waals surface area contributed by atoms with Crippen LogP contribution in [0.3, 0.4) is 0 Å². The molecule has 1 fully saturated rings. The van der Waals surface area contributed by atoms with Gasteiger partial charge in [0, 0.05) is 6.54 Å². The monoisotopic (exact) mass is 271 g/mol. The van der Waals surface area contributed by atoms with Gasteiger partial charge in [-0.1, -0.05) is 6.07 Å². The Morgan fingerprint density at radius 2 is 2.22 bits per heavy atom. The number of benzene rings is 1. The zero-order valence-corrected chi connectivity index (χ0v) is 11.3. The van der Waals surface area contributed by atoms with Gasteiger partial charge in [0.1, 0.15) is 5.82 Å². The Labute approximate surface area is 107 Å². The second-order valence-electron chi connectivity index (χ2n) is 4.97. The van der Waals surface area contributed by atoms with Crippen molar-refractivity contribution in [1.29, 1.82) is 0 Å². The standard InChI is InChI=1S/C13H18FNO2S/c1-10-2-3-13(14)6-12(10)8-15-7-11-4-5-18(16,17)9-11/h2-3,6,11,15H,4-5,7-9H2,1H3. The smallest absolute Gasteiger partial charge is 0.150 e. The second-order valence-corrected chi connectivity index (χ2v) is 7.20. The third-order valence-corrected chi connectivity index (χ3v) is 5.22. The molecule has 0 aromatic heterocycles.